The molecule has 7 heteroatoms. The highest BCUT2D eigenvalue weighted by Crippen LogP contribution is 2.25. The Kier molecular flexibility index (Phi) is 2.88. The van der Waals surface area contributed by atoms with Gasteiger partial charge in [-0.3, -0.25) is 4.79 Å². The minimum Gasteiger partial charge on any atom is -0.360 e. The number of hydrogen-bond acceptors (Lipinski definition) is 5. The van der Waals surface area contributed by atoms with Crippen molar-refractivity contribution in [3.05, 3.63) is 42.9 Å². The van der Waals surface area contributed by atoms with Crippen molar-refractivity contribution in [2.45, 2.75) is 5.03 Å². The zero-order valence-corrected chi connectivity index (χ0v) is 10.5. The summed E-state index contributed by atoms with van der Waals surface area (Å²) in [4.78, 5) is 19.2. The molecule has 0 saturated heterocycles. The summed E-state index contributed by atoms with van der Waals surface area (Å²) in [6.45, 7) is 0. The molecule has 2 heterocycles. The fourth-order valence-electron chi connectivity index (χ4n) is 1.76. The summed E-state index contributed by atoms with van der Waals surface area (Å²) in [5, 5.41) is 4.99. The number of hydrogen-bond donors (Lipinski definition) is 1. The van der Waals surface area contributed by atoms with Gasteiger partial charge in [-0.15, -0.1) is 0 Å². The molecule has 0 saturated carbocycles. The lowest BCUT2D eigenvalue weighted by atomic mass is 10.3. The Morgan fingerprint density at radius 2 is 2.00 bits per heavy atom. The van der Waals surface area contributed by atoms with Crippen molar-refractivity contribution in [1.82, 2.24) is 19.7 Å². The molecule has 19 heavy (non-hydrogen) atoms. The van der Waals surface area contributed by atoms with Crippen molar-refractivity contribution in [1.29, 1.82) is 0 Å². The third-order valence-corrected chi connectivity index (χ3v) is 3.25. The van der Waals surface area contributed by atoms with E-state index in [1.54, 1.807) is 10.9 Å². The van der Waals surface area contributed by atoms with Crippen LogP contribution < -0.4 is 5.73 Å². The highest BCUT2D eigenvalue weighted by Gasteiger charge is 2.12. The number of benzene rings is 1. The quantitative estimate of drug-likeness (QED) is 0.569. The van der Waals surface area contributed by atoms with Crippen LogP contribution in [0.4, 0.5) is 4.79 Å². The second kappa shape index (κ2) is 4.69. The Morgan fingerprint density at radius 3 is 2.74 bits per heavy atom. The lowest BCUT2D eigenvalue weighted by Crippen LogP contribution is -2.03. The van der Waals surface area contributed by atoms with Gasteiger partial charge in [-0.2, -0.15) is 5.10 Å². The SMILES string of the molecule is NC(=O)Sc1ncnc2c1cnn2-c1ccccc1. The minimum absolute atomic E-state index is 0.507. The van der Waals surface area contributed by atoms with Crippen LogP contribution in [-0.4, -0.2) is 25.0 Å². The number of nitrogens with two attached hydrogens (primary N) is 1. The van der Waals surface area contributed by atoms with Gasteiger partial charge in [0, 0.05) is 0 Å². The predicted molar refractivity (Wildman–Crippen MR) is 72.1 cm³/mol. The summed E-state index contributed by atoms with van der Waals surface area (Å²) in [6, 6.07) is 9.62. The van der Waals surface area contributed by atoms with E-state index in [0.29, 0.717) is 16.1 Å². The van der Waals surface area contributed by atoms with E-state index < -0.39 is 5.24 Å². The molecule has 3 rings (SSSR count). The first-order valence-electron chi connectivity index (χ1n) is 5.47. The maximum atomic E-state index is 11.0. The first-order chi connectivity index (χ1) is 9.25. The smallest absolute Gasteiger partial charge is 0.282 e. The molecule has 0 bridgehead atoms. The monoisotopic (exact) mass is 271 g/mol. The van der Waals surface area contributed by atoms with E-state index in [9.17, 15) is 4.79 Å². The topological polar surface area (TPSA) is 86.7 Å². The van der Waals surface area contributed by atoms with Gasteiger partial charge in [0.1, 0.15) is 11.4 Å². The van der Waals surface area contributed by atoms with Gasteiger partial charge in [0.05, 0.1) is 17.3 Å². The summed E-state index contributed by atoms with van der Waals surface area (Å²) in [5.74, 6) is 0. The van der Waals surface area contributed by atoms with E-state index in [-0.39, 0.29) is 0 Å². The van der Waals surface area contributed by atoms with Crippen LogP contribution in [0.3, 0.4) is 0 Å². The van der Waals surface area contributed by atoms with Crippen LogP contribution in [0.2, 0.25) is 0 Å². The number of fused-ring (bicyclic) bond motifs is 1. The molecule has 0 spiro atoms. The number of carbonyl (C=O) groups excluding carboxylic acids is 1. The molecule has 1 amide bonds. The molecule has 1 aromatic carbocycles. The molecule has 0 aliphatic heterocycles. The van der Waals surface area contributed by atoms with Crippen LogP contribution in [0.1, 0.15) is 0 Å². The molecular formula is C12H9N5OS. The number of aromatic nitrogens is 4. The summed E-state index contributed by atoms with van der Waals surface area (Å²) in [5.41, 5.74) is 6.71. The van der Waals surface area contributed by atoms with Crippen molar-refractivity contribution >= 4 is 28.0 Å². The van der Waals surface area contributed by atoms with E-state index in [1.165, 1.54) is 6.33 Å². The second-order valence-electron chi connectivity index (χ2n) is 3.73. The number of primary amides is 1. The van der Waals surface area contributed by atoms with E-state index in [1.807, 2.05) is 30.3 Å². The van der Waals surface area contributed by atoms with Gasteiger partial charge in [0.2, 0.25) is 0 Å². The van der Waals surface area contributed by atoms with Crippen molar-refractivity contribution < 1.29 is 4.79 Å². The van der Waals surface area contributed by atoms with Crippen molar-refractivity contribution in [3.63, 3.8) is 0 Å². The van der Waals surface area contributed by atoms with Crippen LogP contribution in [0.5, 0.6) is 0 Å². The highest BCUT2D eigenvalue weighted by atomic mass is 32.2. The molecule has 0 aliphatic carbocycles. The zero-order chi connectivity index (χ0) is 13.2. The van der Waals surface area contributed by atoms with Gasteiger partial charge in [0.25, 0.3) is 5.24 Å². The van der Waals surface area contributed by atoms with Crippen LogP contribution in [0.15, 0.2) is 47.9 Å². The summed E-state index contributed by atoms with van der Waals surface area (Å²) in [7, 11) is 0. The van der Waals surface area contributed by atoms with Gasteiger partial charge in [-0.25, -0.2) is 14.6 Å². The Labute approximate surface area is 112 Å². The van der Waals surface area contributed by atoms with Gasteiger partial charge < -0.3 is 5.73 Å². The second-order valence-corrected chi connectivity index (χ2v) is 4.72. The average Bonchev–Trinajstić information content (AvgIpc) is 2.84. The fourth-order valence-corrected chi connectivity index (χ4v) is 2.30. The van der Waals surface area contributed by atoms with Crippen LogP contribution in [0.25, 0.3) is 16.7 Å². The van der Waals surface area contributed by atoms with Crippen LogP contribution in [0, 0.1) is 0 Å². The standard InChI is InChI=1S/C12H9N5OS/c13-12(18)19-11-9-6-16-17(10(9)14-7-15-11)8-4-2-1-3-5-8/h1-7H,(H2,13,18). The van der Waals surface area contributed by atoms with Crippen LogP contribution >= 0.6 is 11.8 Å². The lowest BCUT2D eigenvalue weighted by molar-refractivity contribution is 0.267. The van der Waals surface area contributed by atoms with Crippen molar-refractivity contribution in [3.8, 4) is 5.69 Å². The van der Waals surface area contributed by atoms with Gasteiger partial charge in [-0.05, 0) is 23.9 Å². The first-order valence-corrected chi connectivity index (χ1v) is 6.29. The third-order valence-electron chi connectivity index (χ3n) is 2.53. The molecule has 0 aliphatic rings. The zero-order valence-electron chi connectivity index (χ0n) is 9.72. The van der Waals surface area contributed by atoms with Crippen molar-refractivity contribution in [2.24, 2.45) is 5.73 Å². The average molecular weight is 271 g/mol. The van der Waals surface area contributed by atoms with Gasteiger partial charge in [-0.1, -0.05) is 18.2 Å². The minimum atomic E-state index is -0.507. The highest BCUT2D eigenvalue weighted by molar-refractivity contribution is 8.13. The summed E-state index contributed by atoms with van der Waals surface area (Å²) < 4.78 is 1.70. The molecule has 2 N–H and O–H groups in total. The van der Waals surface area contributed by atoms with Crippen molar-refractivity contribution in [2.75, 3.05) is 0 Å². The molecule has 0 radical (unpaired) electrons. The third kappa shape index (κ3) is 2.15. The van der Waals surface area contributed by atoms with Crippen LogP contribution in [-0.2, 0) is 0 Å². The number of thioether (sulfide) groups is 1. The first kappa shape index (κ1) is 11.7. The molecule has 2 aromatic heterocycles. The Hall–Kier alpha value is -2.41. The molecule has 6 nitrogen and oxygen atoms in total. The maximum Gasteiger partial charge on any atom is 0.282 e. The summed E-state index contributed by atoms with van der Waals surface area (Å²) >= 11 is 0.871. The van der Waals surface area contributed by atoms with E-state index in [4.69, 9.17) is 5.73 Å². The number of para-hydroxylation sites is 1. The van der Waals surface area contributed by atoms with E-state index >= 15 is 0 Å². The molecule has 94 valence electrons. The van der Waals surface area contributed by atoms with E-state index in [0.717, 1.165) is 17.4 Å². The molecule has 0 unspecified atom stereocenters. The number of nitrogens with zero attached hydrogens (tertiary/aromatic N) is 4. The maximum absolute atomic E-state index is 11.0. The number of carbonyl (C=O) groups is 1. The molecular weight excluding hydrogens is 262 g/mol. The molecule has 0 atom stereocenters. The Balaban J connectivity index is 2.17. The largest absolute Gasteiger partial charge is 0.360 e. The number of rotatable bonds is 2. The Bertz CT molecular complexity index is 740. The van der Waals surface area contributed by atoms with E-state index in [2.05, 4.69) is 15.1 Å². The summed E-state index contributed by atoms with van der Waals surface area (Å²) in [6.07, 6.45) is 3.03. The number of amides is 1. The lowest BCUT2D eigenvalue weighted by Gasteiger charge is -2.02. The predicted octanol–water partition coefficient (Wildman–Crippen LogP) is 1.99. The van der Waals surface area contributed by atoms with Gasteiger partial charge >= 0.3 is 0 Å². The van der Waals surface area contributed by atoms with Gasteiger partial charge in [0.15, 0.2) is 5.65 Å². The fraction of sp³-hybridized carbons (Fsp3) is 0. The normalized spacial score (nSPS) is 10.7. The molecule has 3 aromatic rings. The Morgan fingerprint density at radius 1 is 1.21 bits per heavy atom. The molecule has 0 fully saturated rings.